The summed E-state index contributed by atoms with van der Waals surface area (Å²) < 4.78 is 42.0. The number of aromatic nitrogens is 1. The maximum atomic E-state index is 14.7. The van der Waals surface area contributed by atoms with Crippen molar-refractivity contribution in [3.8, 4) is 0 Å². The molecule has 32 heavy (non-hydrogen) atoms. The molecule has 1 saturated heterocycles. The van der Waals surface area contributed by atoms with E-state index in [1.54, 1.807) is 5.38 Å². The lowest BCUT2D eigenvalue weighted by Gasteiger charge is -2.31. The fourth-order valence-electron chi connectivity index (χ4n) is 4.47. The third-order valence-corrected chi connectivity index (χ3v) is 8.63. The van der Waals surface area contributed by atoms with Gasteiger partial charge in [-0.2, -0.15) is 0 Å². The van der Waals surface area contributed by atoms with E-state index in [9.17, 15) is 12.8 Å². The lowest BCUT2D eigenvalue weighted by molar-refractivity contribution is 0.289. The second-order valence-corrected chi connectivity index (χ2v) is 11.5. The van der Waals surface area contributed by atoms with Crippen molar-refractivity contribution in [3.05, 3.63) is 34.5 Å². The molecule has 1 saturated carbocycles. The van der Waals surface area contributed by atoms with Gasteiger partial charge in [0.05, 0.1) is 10.7 Å². The summed E-state index contributed by atoms with van der Waals surface area (Å²) in [6.45, 7) is 2.79. The molecular weight excluding hydrogens is 473 g/mol. The fraction of sp³-hybridized carbons (Fsp3) is 0.571. The Morgan fingerprint density at radius 3 is 2.84 bits per heavy atom. The van der Waals surface area contributed by atoms with Crippen LogP contribution >= 0.6 is 22.9 Å². The molecule has 0 spiro atoms. The molecule has 1 aliphatic heterocycles. The van der Waals surface area contributed by atoms with Gasteiger partial charge in [-0.25, -0.2) is 17.8 Å². The van der Waals surface area contributed by atoms with Gasteiger partial charge in [0.25, 0.3) is 10.0 Å². The number of hydrogen-bond donors (Lipinski definition) is 4. The Morgan fingerprint density at radius 1 is 1.22 bits per heavy atom. The highest BCUT2D eigenvalue weighted by Gasteiger charge is 2.25. The van der Waals surface area contributed by atoms with Crippen LogP contribution in [0.25, 0.3) is 0 Å². The third-order valence-electron chi connectivity index (χ3n) is 6.14. The predicted molar refractivity (Wildman–Crippen MR) is 128 cm³/mol. The minimum Gasteiger partial charge on any atom is -0.383 e. The van der Waals surface area contributed by atoms with Crippen molar-refractivity contribution in [1.82, 2.24) is 15.6 Å². The van der Waals surface area contributed by atoms with E-state index in [2.05, 4.69) is 25.7 Å². The van der Waals surface area contributed by atoms with Gasteiger partial charge in [-0.05, 0) is 56.7 Å². The smallest absolute Gasteiger partial charge is 0.266 e. The van der Waals surface area contributed by atoms with Crippen LogP contribution in [-0.2, 0) is 10.0 Å². The first kappa shape index (κ1) is 23.7. The summed E-state index contributed by atoms with van der Waals surface area (Å²) in [5.74, 6) is -0.403. The standard InChI is InChI=1S/C21H29ClFN5O2S2/c22-17-10-20(32(29,30)28-21-25-7-8-31-21)18(23)11-19(17)27-12-14-3-1-4-15(9-14)26-13-16-5-2-6-24-16/h7-8,10-11,14-16,24,26-27H,1-6,9,12-13H2,(H,25,28). The van der Waals surface area contributed by atoms with Gasteiger partial charge in [-0.1, -0.05) is 18.0 Å². The minimum atomic E-state index is -4.11. The van der Waals surface area contributed by atoms with Crippen LogP contribution in [0.15, 0.2) is 28.6 Å². The molecule has 7 nitrogen and oxygen atoms in total. The van der Waals surface area contributed by atoms with Crippen LogP contribution in [-0.4, -0.2) is 45.1 Å². The van der Waals surface area contributed by atoms with Crippen LogP contribution in [0.2, 0.25) is 5.02 Å². The third kappa shape index (κ3) is 6.11. The molecule has 0 radical (unpaired) electrons. The van der Waals surface area contributed by atoms with Crippen molar-refractivity contribution < 1.29 is 12.8 Å². The number of thiazole rings is 1. The first-order chi connectivity index (χ1) is 15.4. The van der Waals surface area contributed by atoms with Gasteiger partial charge >= 0.3 is 0 Å². The zero-order valence-corrected chi connectivity index (χ0v) is 20.1. The summed E-state index contributed by atoms with van der Waals surface area (Å²) in [6, 6.07) is 3.38. The lowest BCUT2D eigenvalue weighted by atomic mass is 9.85. The Kier molecular flexibility index (Phi) is 7.88. The molecule has 2 heterocycles. The number of halogens is 2. The second kappa shape index (κ2) is 10.6. The van der Waals surface area contributed by atoms with Crippen molar-refractivity contribution in [3.63, 3.8) is 0 Å². The molecule has 3 unspecified atom stereocenters. The van der Waals surface area contributed by atoms with Gasteiger partial charge in [0.15, 0.2) is 5.13 Å². The Balaban J connectivity index is 1.33. The number of nitrogens with zero attached hydrogens (tertiary/aromatic N) is 1. The monoisotopic (exact) mass is 501 g/mol. The van der Waals surface area contributed by atoms with Gasteiger partial charge < -0.3 is 16.0 Å². The summed E-state index contributed by atoms with van der Waals surface area (Å²) in [6.07, 6.45) is 8.46. The molecule has 0 amide bonds. The quantitative estimate of drug-likeness (QED) is 0.414. The molecule has 3 atom stereocenters. The highest BCUT2D eigenvalue weighted by Crippen LogP contribution is 2.31. The molecule has 2 aliphatic rings. The molecule has 11 heteroatoms. The molecule has 176 valence electrons. The second-order valence-electron chi connectivity index (χ2n) is 8.52. The topological polar surface area (TPSA) is 95.2 Å². The van der Waals surface area contributed by atoms with Crippen molar-refractivity contribution in [2.45, 2.75) is 55.5 Å². The number of hydrogen-bond acceptors (Lipinski definition) is 7. The zero-order valence-electron chi connectivity index (χ0n) is 17.7. The molecule has 4 N–H and O–H groups in total. The number of sulfonamides is 1. The first-order valence-electron chi connectivity index (χ1n) is 11.0. The maximum absolute atomic E-state index is 14.7. The molecule has 0 bridgehead atoms. The van der Waals surface area contributed by atoms with Crippen LogP contribution in [0.4, 0.5) is 15.2 Å². The summed E-state index contributed by atoms with van der Waals surface area (Å²) in [5.41, 5.74) is 0.405. The largest absolute Gasteiger partial charge is 0.383 e. The average Bonchev–Trinajstić information content (AvgIpc) is 3.47. The lowest BCUT2D eigenvalue weighted by Crippen LogP contribution is -2.42. The van der Waals surface area contributed by atoms with Crippen molar-refractivity contribution in [2.24, 2.45) is 5.92 Å². The van der Waals surface area contributed by atoms with Crippen molar-refractivity contribution in [2.75, 3.05) is 29.7 Å². The van der Waals surface area contributed by atoms with Crippen LogP contribution < -0.4 is 20.7 Å². The Bertz CT molecular complexity index is 1000. The number of benzene rings is 1. The van der Waals surface area contributed by atoms with Crippen molar-refractivity contribution in [1.29, 1.82) is 0 Å². The van der Waals surface area contributed by atoms with E-state index in [-0.39, 0.29) is 10.2 Å². The molecule has 1 aromatic heterocycles. The van der Waals surface area contributed by atoms with Crippen LogP contribution in [0.5, 0.6) is 0 Å². The Hall–Kier alpha value is -1.46. The normalized spacial score (nSPS) is 23.9. The SMILES string of the molecule is O=S(=O)(Nc1nccs1)c1cc(Cl)c(NCC2CCCC(NCC3CCCN3)C2)cc1F. The Labute approximate surface area is 197 Å². The van der Waals surface area contributed by atoms with E-state index in [1.807, 2.05) is 0 Å². The van der Waals surface area contributed by atoms with Gasteiger partial charge in [-0.3, -0.25) is 4.72 Å². The number of rotatable bonds is 9. The van der Waals surface area contributed by atoms with Gasteiger partial charge in [0.2, 0.25) is 0 Å². The molecular formula is C21H29ClFN5O2S2. The average molecular weight is 502 g/mol. The van der Waals surface area contributed by atoms with Gasteiger partial charge in [0, 0.05) is 36.8 Å². The van der Waals surface area contributed by atoms with Crippen LogP contribution in [0.1, 0.15) is 38.5 Å². The maximum Gasteiger partial charge on any atom is 0.266 e. The summed E-state index contributed by atoms with van der Waals surface area (Å²) in [4.78, 5) is 3.38. The molecule has 2 fully saturated rings. The van der Waals surface area contributed by atoms with E-state index in [0.717, 1.165) is 55.8 Å². The van der Waals surface area contributed by atoms with E-state index < -0.39 is 20.7 Å². The zero-order chi connectivity index (χ0) is 22.6. The van der Waals surface area contributed by atoms with Crippen LogP contribution in [0, 0.1) is 11.7 Å². The van der Waals surface area contributed by atoms with Crippen LogP contribution in [0.3, 0.4) is 0 Å². The first-order valence-corrected chi connectivity index (χ1v) is 13.8. The molecule has 2 aromatic rings. The molecule has 4 rings (SSSR count). The molecule has 1 aromatic carbocycles. The van der Waals surface area contributed by atoms with E-state index in [0.29, 0.717) is 30.2 Å². The van der Waals surface area contributed by atoms with Gasteiger partial charge in [0.1, 0.15) is 10.7 Å². The van der Waals surface area contributed by atoms with E-state index >= 15 is 0 Å². The molecule has 1 aliphatic carbocycles. The summed E-state index contributed by atoms with van der Waals surface area (Å²) >= 11 is 7.42. The predicted octanol–water partition coefficient (Wildman–Crippen LogP) is 4.05. The summed E-state index contributed by atoms with van der Waals surface area (Å²) in [7, 11) is -4.11. The highest BCUT2D eigenvalue weighted by molar-refractivity contribution is 7.93. The fourth-order valence-corrected chi connectivity index (χ4v) is 6.64. The number of nitrogens with one attached hydrogen (secondary N) is 4. The Morgan fingerprint density at radius 2 is 2.09 bits per heavy atom. The summed E-state index contributed by atoms with van der Waals surface area (Å²) in [5, 5.41) is 12.4. The van der Waals surface area contributed by atoms with Gasteiger partial charge in [-0.15, -0.1) is 11.3 Å². The van der Waals surface area contributed by atoms with Crippen molar-refractivity contribution >= 4 is 43.8 Å². The van der Waals surface area contributed by atoms with E-state index in [1.165, 1.54) is 25.5 Å². The van der Waals surface area contributed by atoms with E-state index in [4.69, 9.17) is 11.6 Å². The highest BCUT2D eigenvalue weighted by atomic mass is 35.5. The minimum absolute atomic E-state index is 0.170. The number of anilines is 2.